The molecule has 0 atom stereocenters. The van der Waals surface area contributed by atoms with Gasteiger partial charge in [-0.15, -0.1) is 10.2 Å². The van der Waals surface area contributed by atoms with Crippen LogP contribution in [0.3, 0.4) is 0 Å². The van der Waals surface area contributed by atoms with E-state index in [1.807, 2.05) is 31.5 Å². The number of hydrogen-bond donors (Lipinski definition) is 0. The van der Waals surface area contributed by atoms with Crippen LogP contribution < -0.4 is 0 Å². The van der Waals surface area contributed by atoms with E-state index in [1.54, 1.807) is 0 Å². The van der Waals surface area contributed by atoms with Crippen LogP contribution in [0.4, 0.5) is 0 Å². The average Bonchev–Trinajstić information content (AvgIpc) is 2.89. The first-order valence-electron chi connectivity index (χ1n) is 7.30. The van der Waals surface area contributed by atoms with Gasteiger partial charge in [0.25, 0.3) is 0 Å². The number of aromatic nitrogens is 4. The Balaban J connectivity index is 1.94. The fourth-order valence-electron chi connectivity index (χ4n) is 3.12. The molecule has 3 heterocycles. The number of nitrogens with zero attached hydrogens (tertiary/aromatic N) is 4. The molecule has 0 saturated carbocycles. The zero-order valence-corrected chi connectivity index (χ0v) is 13.2. The maximum absolute atomic E-state index is 6.61. The molecule has 3 aromatic rings. The van der Waals surface area contributed by atoms with E-state index in [1.165, 1.54) is 11.1 Å². The van der Waals surface area contributed by atoms with Gasteiger partial charge in [0.15, 0.2) is 0 Å². The van der Waals surface area contributed by atoms with Gasteiger partial charge in [-0.1, -0.05) is 11.6 Å². The number of pyridine rings is 1. The van der Waals surface area contributed by atoms with E-state index in [9.17, 15) is 0 Å². The van der Waals surface area contributed by atoms with Gasteiger partial charge in [0.2, 0.25) is 0 Å². The molecule has 1 aliphatic rings. The van der Waals surface area contributed by atoms with Crippen LogP contribution in [0.1, 0.15) is 22.8 Å². The highest BCUT2D eigenvalue weighted by Gasteiger charge is 2.23. The first-order valence-corrected chi connectivity index (χ1v) is 7.67. The Morgan fingerprint density at radius 1 is 1.14 bits per heavy atom. The predicted molar refractivity (Wildman–Crippen MR) is 86.5 cm³/mol. The molecule has 0 N–H and O–H groups in total. The molecule has 110 valence electrons. The summed E-state index contributed by atoms with van der Waals surface area (Å²) in [6, 6.07) is 6.25. The van der Waals surface area contributed by atoms with Gasteiger partial charge >= 0.3 is 0 Å². The summed E-state index contributed by atoms with van der Waals surface area (Å²) in [6.45, 7) is 4.05. The van der Waals surface area contributed by atoms with Gasteiger partial charge in [0.05, 0.1) is 10.7 Å². The molecule has 1 aliphatic heterocycles. The Labute approximate surface area is 133 Å². The Kier molecular flexibility index (Phi) is 3.01. The normalized spacial score (nSPS) is 12.9. The number of fused-ring (bicyclic) bond motifs is 3. The second kappa shape index (κ2) is 4.92. The van der Waals surface area contributed by atoms with Crippen LogP contribution in [-0.4, -0.2) is 19.7 Å². The average molecular weight is 311 g/mol. The van der Waals surface area contributed by atoms with Gasteiger partial charge in [0, 0.05) is 24.4 Å². The summed E-state index contributed by atoms with van der Waals surface area (Å²) in [4.78, 5) is 4.24. The SMILES string of the molecule is Cc1ccncc1-c1cc(Cl)c2c(c1)CCc1nnc(C)n1-2. The summed E-state index contributed by atoms with van der Waals surface area (Å²) in [7, 11) is 0. The molecule has 0 unspecified atom stereocenters. The first kappa shape index (κ1) is 13.5. The van der Waals surface area contributed by atoms with E-state index >= 15 is 0 Å². The van der Waals surface area contributed by atoms with Crippen molar-refractivity contribution in [1.29, 1.82) is 0 Å². The Bertz CT molecular complexity index is 882. The molecular weight excluding hydrogens is 296 g/mol. The second-order valence-corrected chi connectivity index (χ2v) is 6.06. The van der Waals surface area contributed by atoms with Crippen LogP contribution in [0, 0.1) is 13.8 Å². The van der Waals surface area contributed by atoms with Gasteiger partial charge in [-0.05, 0) is 55.2 Å². The van der Waals surface area contributed by atoms with E-state index in [2.05, 4.69) is 32.7 Å². The number of rotatable bonds is 1. The molecule has 0 radical (unpaired) electrons. The van der Waals surface area contributed by atoms with Crippen molar-refractivity contribution >= 4 is 11.6 Å². The molecule has 4 nitrogen and oxygen atoms in total. The zero-order chi connectivity index (χ0) is 15.3. The van der Waals surface area contributed by atoms with Crippen LogP contribution >= 0.6 is 11.6 Å². The number of aryl methyl sites for hydroxylation is 4. The van der Waals surface area contributed by atoms with E-state index in [-0.39, 0.29) is 0 Å². The zero-order valence-electron chi connectivity index (χ0n) is 12.5. The fraction of sp³-hybridized carbons (Fsp3) is 0.235. The molecule has 0 aliphatic carbocycles. The minimum atomic E-state index is 0.736. The number of halogens is 1. The number of benzene rings is 1. The van der Waals surface area contributed by atoms with Crippen LogP contribution in [0.2, 0.25) is 5.02 Å². The van der Waals surface area contributed by atoms with Crippen molar-refractivity contribution in [2.24, 2.45) is 0 Å². The van der Waals surface area contributed by atoms with Gasteiger partial charge in [-0.25, -0.2) is 0 Å². The standard InChI is InChI=1S/C17H15ClN4/c1-10-5-6-19-9-14(10)13-7-12-3-4-16-21-20-11(2)22(16)17(12)15(18)8-13/h5-9H,3-4H2,1-2H3. The van der Waals surface area contributed by atoms with Gasteiger partial charge in [0.1, 0.15) is 11.6 Å². The van der Waals surface area contributed by atoms with Gasteiger partial charge < -0.3 is 0 Å². The second-order valence-electron chi connectivity index (χ2n) is 5.66. The largest absolute Gasteiger partial charge is 0.281 e. The van der Waals surface area contributed by atoms with Crippen molar-refractivity contribution in [2.45, 2.75) is 26.7 Å². The van der Waals surface area contributed by atoms with Crippen molar-refractivity contribution < 1.29 is 0 Å². The van der Waals surface area contributed by atoms with E-state index in [0.717, 1.165) is 46.3 Å². The van der Waals surface area contributed by atoms with Crippen molar-refractivity contribution in [3.05, 3.63) is 58.4 Å². The summed E-state index contributed by atoms with van der Waals surface area (Å²) in [5, 5.41) is 9.15. The monoisotopic (exact) mass is 310 g/mol. The molecular formula is C17H15ClN4. The molecule has 2 aromatic heterocycles. The summed E-state index contributed by atoms with van der Waals surface area (Å²) in [6.07, 6.45) is 5.53. The third-order valence-corrected chi connectivity index (χ3v) is 4.51. The third kappa shape index (κ3) is 1.95. The molecule has 0 fully saturated rings. The highest BCUT2D eigenvalue weighted by atomic mass is 35.5. The molecule has 1 aromatic carbocycles. The maximum Gasteiger partial charge on any atom is 0.137 e. The number of hydrogen-bond acceptors (Lipinski definition) is 3. The van der Waals surface area contributed by atoms with E-state index < -0.39 is 0 Å². The molecule has 0 saturated heterocycles. The van der Waals surface area contributed by atoms with Crippen LogP contribution in [-0.2, 0) is 12.8 Å². The first-order chi connectivity index (χ1) is 10.6. The molecule has 4 rings (SSSR count). The van der Waals surface area contributed by atoms with Crippen LogP contribution in [0.15, 0.2) is 30.6 Å². The van der Waals surface area contributed by atoms with Crippen molar-refractivity contribution in [3.8, 4) is 16.8 Å². The highest BCUT2D eigenvalue weighted by Crippen LogP contribution is 2.36. The third-order valence-electron chi connectivity index (χ3n) is 4.23. The van der Waals surface area contributed by atoms with Crippen molar-refractivity contribution in [1.82, 2.24) is 19.7 Å². The Morgan fingerprint density at radius 2 is 2.00 bits per heavy atom. The van der Waals surface area contributed by atoms with E-state index in [4.69, 9.17) is 11.6 Å². The van der Waals surface area contributed by atoms with Gasteiger partial charge in [-0.3, -0.25) is 9.55 Å². The lowest BCUT2D eigenvalue weighted by molar-refractivity contribution is 0.767. The minimum absolute atomic E-state index is 0.736. The highest BCUT2D eigenvalue weighted by molar-refractivity contribution is 6.33. The summed E-state index contributed by atoms with van der Waals surface area (Å²) in [5.74, 6) is 1.86. The Morgan fingerprint density at radius 3 is 2.82 bits per heavy atom. The summed E-state index contributed by atoms with van der Waals surface area (Å²) >= 11 is 6.61. The van der Waals surface area contributed by atoms with Crippen LogP contribution in [0.25, 0.3) is 16.8 Å². The fourth-order valence-corrected chi connectivity index (χ4v) is 3.45. The van der Waals surface area contributed by atoms with E-state index in [0.29, 0.717) is 0 Å². The molecule has 0 spiro atoms. The minimum Gasteiger partial charge on any atom is -0.281 e. The van der Waals surface area contributed by atoms with Gasteiger partial charge in [-0.2, -0.15) is 0 Å². The molecule has 0 amide bonds. The van der Waals surface area contributed by atoms with Crippen molar-refractivity contribution in [2.75, 3.05) is 0 Å². The quantitative estimate of drug-likeness (QED) is 0.688. The lowest BCUT2D eigenvalue weighted by Crippen LogP contribution is -2.14. The molecule has 5 heteroatoms. The maximum atomic E-state index is 6.61. The lowest BCUT2D eigenvalue weighted by Gasteiger charge is -2.21. The smallest absolute Gasteiger partial charge is 0.137 e. The molecule has 0 bridgehead atoms. The van der Waals surface area contributed by atoms with Crippen molar-refractivity contribution in [3.63, 3.8) is 0 Å². The summed E-state index contributed by atoms with van der Waals surface area (Å²) < 4.78 is 2.07. The lowest BCUT2D eigenvalue weighted by atomic mass is 9.96. The predicted octanol–water partition coefficient (Wildman–Crippen LogP) is 3.70. The van der Waals surface area contributed by atoms with Crippen LogP contribution in [0.5, 0.6) is 0 Å². The molecule has 22 heavy (non-hydrogen) atoms. The Hall–Kier alpha value is -2.20. The topological polar surface area (TPSA) is 43.6 Å². The summed E-state index contributed by atoms with van der Waals surface area (Å²) in [5.41, 5.74) is 5.70.